The van der Waals surface area contributed by atoms with E-state index in [1.165, 1.54) is 27.9 Å². The van der Waals surface area contributed by atoms with Crippen LogP contribution < -0.4 is 5.32 Å². The van der Waals surface area contributed by atoms with Gasteiger partial charge in [-0.05, 0) is 46.9 Å². The lowest BCUT2D eigenvalue weighted by Gasteiger charge is -2.26. The monoisotopic (exact) mass is 490 g/mol. The molecule has 0 saturated carbocycles. The second-order valence-electron chi connectivity index (χ2n) is 8.95. The maximum atomic E-state index is 6.48. The van der Waals surface area contributed by atoms with Crippen molar-refractivity contribution in [1.29, 1.82) is 0 Å². The Morgan fingerprint density at radius 3 is 2.47 bits per heavy atom. The van der Waals surface area contributed by atoms with E-state index in [4.69, 9.17) is 23.2 Å². The second-order valence-corrected chi connectivity index (χ2v) is 9.79. The summed E-state index contributed by atoms with van der Waals surface area (Å²) in [6, 6.07) is 25.2. The maximum Gasteiger partial charge on any atom is 0.0951 e. The van der Waals surface area contributed by atoms with Crippen molar-refractivity contribution in [3.05, 3.63) is 123 Å². The number of nitrogens with zero attached hydrogens (tertiary/aromatic N) is 3. The molecule has 4 nitrogen and oxygen atoms in total. The number of imidazole rings is 1. The zero-order valence-electron chi connectivity index (χ0n) is 19.0. The van der Waals surface area contributed by atoms with Gasteiger partial charge < -0.3 is 9.88 Å². The van der Waals surface area contributed by atoms with Crippen molar-refractivity contribution in [1.82, 2.24) is 19.8 Å². The van der Waals surface area contributed by atoms with E-state index in [9.17, 15) is 0 Å². The molecular weight excluding hydrogens is 463 g/mol. The fourth-order valence-corrected chi connectivity index (χ4v) is 4.98. The highest BCUT2D eigenvalue weighted by atomic mass is 35.5. The van der Waals surface area contributed by atoms with E-state index in [0.717, 1.165) is 49.2 Å². The normalized spacial score (nSPS) is 16.2. The summed E-state index contributed by atoms with van der Waals surface area (Å²) in [6.07, 6.45) is 4.85. The molecule has 5 rings (SSSR count). The van der Waals surface area contributed by atoms with Crippen molar-refractivity contribution < 1.29 is 0 Å². The third-order valence-electron chi connectivity index (χ3n) is 6.45. The number of benzene rings is 3. The molecule has 0 saturated heterocycles. The number of nitrogens with one attached hydrogen (secondary N) is 1. The Balaban J connectivity index is 1.30. The summed E-state index contributed by atoms with van der Waals surface area (Å²) in [5.74, 6) is 0. The highest BCUT2D eigenvalue weighted by Gasteiger charge is 2.22. The minimum Gasteiger partial charge on any atom is -0.329 e. The molecule has 2 heterocycles. The summed E-state index contributed by atoms with van der Waals surface area (Å²) in [5, 5.41) is 5.40. The molecule has 0 aliphatic carbocycles. The number of aromatic nitrogens is 2. The molecule has 6 heteroatoms. The van der Waals surface area contributed by atoms with Crippen LogP contribution in [-0.4, -0.2) is 27.0 Å². The van der Waals surface area contributed by atoms with Crippen LogP contribution in [0, 0.1) is 0 Å². The Bertz CT molecular complexity index is 1240. The average molecular weight is 491 g/mol. The molecule has 1 unspecified atom stereocenters. The summed E-state index contributed by atoms with van der Waals surface area (Å²) in [5.41, 5.74) is 6.36. The van der Waals surface area contributed by atoms with E-state index in [0.29, 0.717) is 6.04 Å². The second kappa shape index (κ2) is 10.7. The molecule has 0 bridgehead atoms. The lowest BCUT2D eigenvalue weighted by Crippen LogP contribution is -2.40. The number of hydrogen-bond donors (Lipinski definition) is 1. The van der Waals surface area contributed by atoms with E-state index >= 15 is 0 Å². The Kier molecular flexibility index (Phi) is 7.31. The molecule has 1 aliphatic heterocycles. The van der Waals surface area contributed by atoms with Crippen LogP contribution in [0.25, 0.3) is 0 Å². The topological polar surface area (TPSA) is 33.1 Å². The molecule has 1 N–H and O–H groups in total. The van der Waals surface area contributed by atoms with E-state index in [2.05, 4.69) is 68.3 Å². The summed E-state index contributed by atoms with van der Waals surface area (Å²) >= 11 is 12.5. The molecule has 1 aromatic heterocycles. The van der Waals surface area contributed by atoms with E-state index in [1.807, 2.05) is 36.8 Å². The molecule has 0 fully saturated rings. The van der Waals surface area contributed by atoms with E-state index in [-0.39, 0.29) is 0 Å². The van der Waals surface area contributed by atoms with Crippen LogP contribution in [0.3, 0.4) is 0 Å². The van der Waals surface area contributed by atoms with Gasteiger partial charge in [0.25, 0.3) is 0 Å². The molecular formula is C28H28Cl2N4. The van der Waals surface area contributed by atoms with Gasteiger partial charge in [-0.15, -0.1) is 0 Å². The third-order valence-corrected chi connectivity index (χ3v) is 7.07. The van der Waals surface area contributed by atoms with Gasteiger partial charge in [0.05, 0.1) is 12.0 Å². The molecule has 34 heavy (non-hydrogen) atoms. The molecule has 0 spiro atoms. The van der Waals surface area contributed by atoms with Crippen LogP contribution in [0.4, 0.5) is 0 Å². The molecule has 0 amide bonds. The van der Waals surface area contributed by atoms with Gasteiger partial charge in [0.15, 0.2) is 0 Å². The summed E-state index contributed by atoms with van der Waals surface area (Å²) in [4.78, 5) is 6.90. The number of halogens is 2. The SMILES string of the molecule is Clc1ccc(Cn2cncc2CNC2Cc3ccccc3CN(Cc3ccccc3Cl)C2)cc1. The van der Waals surface area contributed by atoms with Gasteiger partial charge in [-0.3, -0.25) is 4.90 Å². The van der Waals surface area contributed by atoms with Gasteiger partial charge in [0, 0.05) is 55.0 Å². The summed E-state index contributed by atoms with van der Waals surface area (Å²) < 4.78 is 2.20. The van der Waals surface area contributed by atoms with Crippen molar-refractivity contribution in [3.63, 3.8) is 0 Å². The van der Waals surface area contributed by atoms with Crippen molar-refractivity contribution in [2.24, 2.45) is 0 Å². The highest BCUT2D eigenvalue weighted by molar-refractivity contribution is 6.31. The quantitative estimate of drug-likeness (QED) is 0.347. The van der Waals surface area contributed by atoms with Crippen LogP contribution in [0.15, 0.2) is 85.3 Å². The van der Waals surface area contributed by atoms with Gasteiger partial charge in [-0.1, -0.05) is 77.8 Å². The van der Waals surface area contributed by atoms with Gasteiger partial charge in [0.2, 0.25) is 0 Å². The molecule has 0 radical (unpaired) electrons. The summed E-state index contributed by atoms with van der Waals surface area (Å²) in [7, 11) is 0. The first-order valence-corrected chi connectivity index (χ1v) is 12.4. The number of hydrogen-bond acceptors (Lipinski definition) is 3. The first kappa shape index (κ1) is 23.1. The average Bonchev–Trinajstić information content (AvgIpc) is 3.20. The van der Waals surface area contributed by atoms with Crippen molar-refractivity contribution in [2.75, 3.05) is 6.54 Å². The molecule has 1 atom stereocenters. The van der Waals surface area contributed by atoms with Gasteiger partial charge >= 0.3 is 0 Å². The zero-order chi connectivity index (χ0) is 23.3. The highest BCUT2D eigenvalue weighted by Crippen LogP contribution is 2.23. The fourth-order valence-electron chi connectivity index (χ4n) is 4.66. The largest absolute Gasteiger partial charge is 0.329 e. The zero-order valence-corrected chi connectivity index (χ0v) is 20.5. The van der Waals surface area contributed by atoms with Crippen LogP contribution in [-0.2, 0) is 32.6 Å². The fraction of sp³-hybridized carbons (Fsp3) is 0.250. The standard InChI is InChI=1S/C28H28Cl2N4/c29-25-11-9-21(10-12-25)16-34-20-31-14-27(34)15-32-26-13-22-5-1-2-6-23(22)17-33(19-26)18-24-7-3-4-8-28(24)30/h1-12,14,20,26,32H,13,15-19H2. The van der Waals surface area contributed by atoms with Gasteiger partial charge in [-0.2, -0.15) is 0 Å². The predicted molar refractivity (Wildman–Crippen MR) is 139 cm³/mol. The van der Waals surface area contributed by atoms with Crippen molar-refractivity contribution >= 4 is 23.2 Å². The lowest BCUT2D eigenvalue weighted by molar-refractivity contribution is 0.232. The maximum absolute atomic E-state index is 6.48. The first-order valence-electron chi connectivity index (χ1n) is 11.6. The number of fused-ring (bicyclic) bond motifs is 1. The molecule has 3 aromatic carbocycles. The minimum absolute atomic E-state index is 0.324. The van der Waals surface area contributed by atoms with Crippen molar-refractivity contribution in [3.8, 4) is 0 Å². The first-order chi connectivity index (χ1) is 16.6. The van der Waals surface area contributed by atoms with Crippen LogP contribution >= 0.6 is 23.2 Å². The Morgan fingerprint density at radius 2 is 1.65 bits per heavy atom. The Labute approximate surface area is 211 Å². The predicted octanol–water partition coefficient (Wildman–Crippen LogP) is 5.95. The van der Waals surface area contributed by atoms with Crippen LogP contribution in [0.2, 0.25) is 10.0 Å². The third kappa shape index (κ3) is 5.70. The van der Waals surface area contributed by atoms with Gasteiger partial charge in [-0.25, -0.2) is 4.98 Å². The molecule has 4 aromatic rings. The number of rotatable bonds is 7. The summed E-state index contributed by atoms with van der Waals surface area (Å²) in [6.45, 7) is 4.25. The van der Waals surface area contributed by atoms with Crippen molar-refractivity contribution in [2.45, 2.75) is 38.6 Å². The van der Waals surface area contributed by atoms with E-state index < -0.39 is 0 Å². The van der Waals surface area contributed by atoms with Crippen LogP contribution in [0.1, 0.15) is 27.9 Å². The van der Waals surface area contributed by atoms with Gasteiger partial charge in [0.1, 0.15) is 0 Å². The minimum atomic E-state index is 0.324. The Morgan fingerprint density at radius 1 is 0.882 bits per heavy atom. The molecule has 174 valence electrons. The molecule has 1 aliphatic rings. The Hall–Kier alpha value is -2.63. The smallest absolute Gasteiger partial charge is 0.0951 e. The van der Waals surface area contributed by atoms with Crippen LogP contribution in [0.5, 0.6) is 0 Å². The lowest BCUT2D eigenvalue weighted by atomic mass is 10.0. The van der Waals surface area contributed by atoms with E-state index in [1.54, 1.807) is 0 Å².